The van der Waals surface area contributed by atoms with Gasteiger partial charge in [0.1, 0.15) is 0 Å². The summed E-state index contributed by atoms with van der Waals surface area (Å²) in [5.74, 6) is 1.79. The largest absolute Gasteiger partial charge is 0.338 e. The summed E-state index contributed by atoms with van der Waals surface area (Å²) in [6.07, 6.45) is 5.39. The number of amides is 1. The zero-order valence-electron chi connectivity index (χ0n) is 15.7. The summed E-state index contributed by atoms with van der Waals surface area (Å²) in [7, 11) is 0. The van der Waals surface area contributed by atoms with Crippen molar-refractivity contribution in [3.05, 3.63) is 23.5 Å². The van der Waals surface area contributed by atoms with Crippen LogP contribution >= 0.6 is 0 Å². The maximum Gasteiger partial charge on any atom is 0.254 e. The van der Waals surface area contributed by atoms with E-state index in [9.17, 15) is 4.79 Å². The van der Waals surface area contributed by atoms with Gasteiger partial charge in [0.2, 0.25) is 0 Å². The van der Waals surface area contributed by atoms with E-state index in [-0.39, 0.29) is 11.9 Å². The predicted molar refractivity (Wildman–Crippen MR) is 98.7 cm³/mol. The Bertz CT molecular complexity index is 795. The van der Waals surface area contributed by atoms with Crippen LogP contribution in [0.5, 0.6) is 0 Å². The molecule has 2 aromatic rings. The van der Waals surface area contributed by atoms with Crippen molar-refractivity contribution in [3.8, 4) is 0 Å². The van der Waals surface area contributed by atoms with Gasteiger partial charge in [0, 0.05) is 30.7 Å². The number of piperidine rings is 1. The second-order valence-electron chi connectivity index (χ2n) is 8.45. The molecule has 0 radical (unpaired) electrons. The smallest absolute Gasteiger partial charge is 0.254 e. The van der Waals surface area contributed by atoms with Crippen LogP contribution in [0, 0.1) is 11.8 Å². The average Bonchev–Trinajstić information content (AvgIpc) is 3.31. The highest BCUT2D eigenvalue weighted by atomic mass is 16.2. The van der Waals surface area contributed by atoms with Gasteiger partial charge in [0.15, 0.2) is 5.65 Å². The van der Waals surface area contributed by atoms with E-state index in [0.717, 1.165) is 35.4 Å². The number of rotatable bonds is 3. The van der Waals surface area contributed by atoms with Crippen molar-refractivity contribution in [2.75, 3.05) is 13.1 Å². The average molecular weight is 340 g/mol. The third kappa shape index (κ3) is 3.05. The quantitative estimate of drug-likeness (QED) is 0.848. The Morgan fingerprint density at radius 3 is 2.48 bits per heavy atom. The fraction of sp³-hybridized carbons (Fsp3) is 0.650. The molecule has 0 N–H and O–H groups in total. The van der Waals surface area contributed by atoms with Crippen LogP contribution in [0.3, 0.4) is 0 Å². The monoisotopic (exact) mass is 340 g/mol. The number of nitrogens with zero attached hydrogens (tertiary/aromatic N) is 4. The van der Waals surface area contributed by atoms with Crippen LogP contribution in [-0.4, -0.2) is 38.7 Å². The standard InChI is InChI=1S/C20H28N4O/c1-12(2)24-19-17(9-21-24)16(8-18(22-19)15-5-6-15)20(25)23-10-13(3)7-14(4)11-23/h8-9,12-15H,5-7,10-11H2,1-4H3. The molecule has 3 heterocycles. The second-order valence-corrected chi connectivity index (χ2v) is 8.45. The lowest BCUT2D eigenvalue weighted by Crippen LogP contribution is -2.42. The molecule has 0 spiro atoms. The van der Waals surface area contributed by atoms with E-state index in [2.05, 4.69) is 32.8 Å². The molecule has 1 saturated carbocycles. The molecule has 5 nitrogen and oxygen atoms in total. The molecule has 1 saturated heterocycles. The highest BCUT2D eigenvalue weighted by molar-refractivity contribution is 6.05. The minimum absolute atomic E-state index is 0.149. The molecule has 2 unspecified atom stereocenters. The van der Waals surface area contributed by atoms with Crippen LogP contribution in [0.25, 0.3) is 11.0 Å². The molecule has 2 aromatic heterocycles. The minimum atomic E-state index is 0.149. The van der Waals surface area contributed by atoms with E-state index >= 15 is 0 Å². The molecule has 1 aliphatic heterocycles. The fourth-order valence-electron chi connectivity index (χ4n) is 4.18. The summed E-state index contributed by atoms with van der Waals surface area (Å²) < 4.78 is 1.94. The molecular weight excluding hydrogens is 312 g/mol. The highest BCUT2D eigenvalue weighted by Gasteiger charge is 2.31. The topological polar surface area (TPSA) is 51.0 Å². The van der Waals surface area contributed by atoms with Gasteiger partial charge in [-0.1, -0.05) is 13.8 Å². The molecule has 25 heavy (non-hydrogen) atoms. The number of pyridine rings is 1. The van der Waals surface area contributed by atoms with E-state index in [1.807, 2.05) is 21.8 Å². The predicted octanol–water partition coefficient (Wildman–Crippen LogP) is 4.01. The highest BCUT2D eigenvalue weighted by Crippen LogP contribution is 2.40. The van der Waals surface area contributed by atoms with Gasteiger partial charge in [-0.05, 0) is 51.0 Å². The SMILES string of the molecule is CC1CC(C)CN(C(=O)c2cc(C3CC3)nc3c2cnn3C(C)C)C1. The lowest BCUT2D eigenvalue weighted by molar-refractivity contribution is 0.0625. The molecule has 0 aromatic carbocycles. The summed E-state index contributed by atoms with van der Waals surface area (Å²) in [5, 5.41) is 5.41. The van der Waals surface area contributed by atoms with Crippen molar-refractivity contribution in [1.82, 2.24) is 19.7 Å². The number of likely N-dealkylation sites (tertiary alicyclic amines) is 1. The van der Waals surface area contributed by atoms with Crippen molar-refractivity contribution >= 4 is 16.9 Å². The Balaban J connectivity index is 1.78. The maximum atomic E-state index is 13.3. The van der Waals surface area contributed by atoms with Crippen molar-refractivity contribution in [2.24, 2.45) is 11.8 Å². The third-order valence-corrected chi connectivity index (χ3v) is 5.46. The summed E-state index contributed by atoms with van der Waals surface area (Å²) in [4.78, 5) is 20.2. The van der Waals surface area contributed by atoms with Crippen LogP contribution in [-0.2, 0) is 0 Å². The van der Waals surface area contributed by atoms with E-state index < -0.39 is 0 Å². The molecule has 5 heteroatoms. The number of hydrogen-bond acceptors (Lipinski definition) is 3. The molecule has 2 fully saturated rings. The molecule has 1 aliphatic carbocycles. The van der Waals surface area contributed by atoms with Crippen molar-refractivity contribution < 1.29 is 4.79 Å². The first-order valence-electron chi connectivity index (χ1n) is 9.61. The molecule has 1 amide bonds. The van der Waals surface area contributed by atoms with Gasteiger partial charge in [-0.15, -0.1) is 0 Å². The Labute approximate surface area is 149 Å². The van der Waals surface area contributed by atoms with Crippen LogP contribution in [0.15, 0.2) is 12.3 Å². The minimum Gasteiger partial charge on any atom is -0.338 e. The van der Waals surface area contributed by atoms with Gasteiger partial charge in [0.05, 0.1) is 17.1 Å². The molecule has 2 aliphatic rings. The Kier molecular flexibility index (Phi) is 4.05. The van der Waals surface area contributed by atoms with E-state index in [1.54, 1.807) is 0 Å². The van der Waals surface area contributed by atoms with Crippen LogP contribution < -0.4 is 0 Å². The Morgan fingerprint density at radius 2 is 1.88 bits per heavy atom. The summed E-state index contributed by atoms with van der Waals surface area (Å²) in [6.45, 7) is 10.4. The Morgan fingerprint density at radius 1 is 1.20 bits per heavy atom. The number of fused-ring (bicyclic) bond motifs is 1. The first kappa shape index (κ1) is 16.6. The van der Waals surface area contributed by atoms with Gasteiger partial charge in [0.25, 0.3) is 5.91 Å². The molecule has 0 bridgehead atoms. The zero-order chi connectivity index (χ0) is 17.7. The lowest BCUT2D eigenvalue weighted by atomic mass is 9.91. The number of aromatic nitrogens is 3. The van der Waals surface area contributed by atoms with E-state index in [4.69, 9.17) is 4.98 Å². The molecule has 4 rings (SSSR count). The molecule has 134 valence electrons. The lowest BCUT2D eigenvalue weighted by Gasteiger charge is -2.35. The second kappa shape index (κ2) is 6.11. The van der Waals surface area contributed by atoms with Gasteiger partial charge >= 0.3 is 0 Å². The van der Waals surface area contributed by atoms with E-state index in [1.165, 1.54) is 19.3 Å². The zero-order valence-corrected chi connectivity index (χ0v) is 15.7. The maximum absolute atomic E-state index is 13.3. The van der Waals surface area contributed by atoms with E-state index in [0.29, 0.717) is 17.8 Å². The number of carbonyl (C=O) groups is 1. The fourth-order valence-corrected chi connectivity index (χ4v) is 4.18. The third-order valence-electron chi connectivity index (χ3n) is 5.46. The molecular formula is C20H28N4O. The summed E-state index contributed by atoms with van der Waals surface area (Å²) in [6, 6.07) is 2.27. The van der Waals surface area contributed by atoms with Gasteiger partial charge in [-0.25, -0.2) is 9.67 Å². The normalized spacial score (nSPS) is 24.3. The molecule has 2 atom stereocenters. The van der Waals surface area contributed by atoms with Crippen molar-refractivity contribution in [2.45, 2.75) is 58.9 Å². The van der Waals surface area contributed by atoms with Crippen LogP contribution in [0.4, 0.5) is 0 Å². The van der Waals surface area contributed by atoms with Gasteiger partial charge < -0.3 is 4.90 Å². The number of carbonyl (C=O) groups excluding carboxylic acids is 1. The summed E-state index contributed by atoms with van der Waals surface area (Å²) in [5.41, 5.74) is 2.72. The Hall–Kier alpha value is -1.91. The number of hydrogen-bond donors (Lipinski definition) is 0. The van der Waals surface area contributed by atoms with Crippen LogP contribution in [0.2, 0.25) is 0 Å². The first-order valence-corrected chi connectivity index (χ1v) is 9.61. The van der Waals surface area contributed by atoms with Gasteiger partial charge in [-0.3, -0.25) is 4.79 Å². The van der Waals surface area contributed by atoms with Gasteiger partial charge in [-0.2, -0.15) is 5.10 Å². The van der Waals surface area contributed by atoms with Crippen molar-refractivity contribution in [3.63, 3.8) is 0 Å². The summed E-state index contributed by atoms with van der Waals surface area (Å²) >= 11 is 0. The van der Waals surface area contributed by atoms with Crippen LogP contribution in [0.1, 0.15) is 75.0 Å². The van der Waals surface area contributed by atoms with Crippen molar-refractivity contribution in [1.29, 1.82) is 0 Å². The first-order chi connectivity index (χ1) is 11.9.